The summed E-state index contributed by atoms with van der Waals surface area (Å²) in [6.07, 6.45) is 3.42. The molecule has 164 valence electrons. The molecule has 2 heterocycles. The molecule has 0 radical (unpaired) electrons. The van der Waals surface area contributed by atoms with Crippen LogP contribution >= 0.6 is 11.3 Å². The van der Waals surface area contributed by atoms with E-state index in [1.165, 1.54) is 11.3 Å². The summed E-state index contributed by atoms with van der Waals surface area (Å²) in [7, 11) is -2.86. The molecule has 0 saturated carbocycles. The highest BCUT2D eigenvalue weighted by atomic mass is 32.2. The third-order valence-corrected chi connectivity index (χ3v) is 6.46. The molecule has 31 heavy (non-hydrogen) atoms. The van der Waals surface area contributed by atoms with E-state index in [0.29, 0.717) is 17.5 Å². The number of amides is 1. The van der Waals surface area contributed by atoms with Gasteiger partial charge in [0.25, 0.3) is 0 Å². The average molecular weight is 460 g/mol. The predicted molar refractivity (Wildman–Crippen MR) is 121 cm³/mol. The van der Waals surface area contributed by atoms with Crippen molar-refractivity contribution in [1.29, 1.82) is 0 Å². The average Bonchev–Trinajstić information content (AvgIpc) is 3.18. The first-order chi connectivity index (χ1) is 14.7. The van der Waals surface area contributed by atoms with Crippen LogP contribution in [0.2, 0.25) is 0 Å². The summed E-state index contributed by atoms with van der Waals surface area (Å²) in [5.41, 5.74) is 4.96. The van der Waals surface area contributed by atoms with Gasteiger partial charge in [-0.3, -0.25) is 0 Å². The third kappa shape index (κ3) is 5.48. The molecule has 0 spiro atoms. The zero-order chi connectivity index (χ0) is 22.7. The Kier molecular flexibility index (Phi) is 7.07. The number of rotatable bonds is 6. The van der Waals surface area contributed by atoms with Crippen molar-refractivity contribution in [2.75, 3.05) is 0 Å². The van der Waals surface area contributed by atoms with Gasteiger partial charge in [-0.2, -0.15) is 8.42 Å². The van der Waals surface area contributed by atoms with E-state index in [4.69, 9.17) is 4.74 Å². The normalized spacial score (nSPS) is 11.0. The second-order valence-electron chi connectivity index (χ2n) is 7.84. The minimum Gasteiger partial charge on any atom is -0.396 e. The number of aromatic nitrogens is 2. The van der Waals surface area contributed by atoms with Gasteiger partial charge in [-0.15, -0.1) is 11.3 Å². The highest BCUT2D eigenvalue weighted by molar-refractivity contribution is 7.62. The van der Waals surface area contributed by atoms with Gasteiger partial charge < -0.3 is 9.30 Å². The molecule has 9 heteroatoms. The maximum atomic E-state index is 11.9. The van der Waals surface area contributed by atoms with Crippen LogP contribution in [0.3, 0.4) is 0 Å². The summed E-state index contributed by atoms with van der Waals surface area (Å²) < 4.78 is 31.9. The number of carbonyl (C=O) groups excluding carboxylic acids is 1. The Labute approximate surface area is 187 Å². The molecule has 2 aromatic heterocycles. The maximum Gasteiger partial charge on any atom is 0.455 e. The van der Waals surface area contributed by atoms with E-state index in [0.717, 1.165) is 44.9 Å². The molecule has 0 aliphatic rings. The molecular formula is C22H25N3O4S2. The Bertz CT molecular complexity index is 1250. The van der Waals surface area contributed by atoms with Crippen molar-refractivity contribution in [3.63, 3.8) is 0 Å². The summed E-state index contributed by atoms with van der Waals surface area (Å²) in [6.45, 7) is 10.9. The van der Waals surface area contributed by atoms with Crippen LogP contribution in [0.15, 0.2) is 35.0 Å². The van der Waals surface area contributed by atoms with Crippen LogP contribution in [0, 0.1) is 26.7 Å². The third-order valence-electron chi connectivity index (χ3n) is 4.97. The number of nitrogens with zero attached hydrogens (tertiary/aromatic N) is 3. The van der Waals surface area contributed by atoms with Crippen molar-refractivity contribution < 1.29 is 17.9 Å². The topological polar surface area (TPSA) is 90.6 Å². The zero-order valence-electron chi connectivity index (χ0n) is 18.2. The standard InChI is InChI=1S/C22H25N3O4S2/c1-13(2)10-19-15(4)20(21(30-19)29-22(26)24-31(27)28)18-7-6-17(11-14(18)3)12-25-9-8-23-16(25)5/h6-9,11,13H,10,12H2,1-5H3. The summed E-state index contributed by atoms with van der Waals surface area (Å²) in [5.74, 6) is 1.37. The quantitative estimate of drug-likeness (QED) is 0.496. The van der Waals surface area contributed by atoms with Gasteiger partial charge in [0.05, 0.1) is 0 Å². The lowest BCUT2D eigenvalue weighted by molar-refractivity contribution is 0.213. The lowest BCUT2D eigenvalue weighted by Crippen LogP contribution is -2.03. The van der Waals surface area contributed by atoms with Gasteiger partial charge in [-0.1, -0.05) is 36.4 Å². The molecule has 0 fully saturated rings. The Hall–Kier alpha value is -2.78. The van der Waals surface area contributed by atoms with Crippen molar-refractivity contribution >= 4 is 27.9 Å². The van der Waals surface area contributed by atoms with Crippen LogP contribution < -0.4 is 4.74 Å². The van der Waals surface area contributed by atoms with Crippen molar-refractivity contribution in [2.45, 2.75) is 47.6 Å². The molecule has 1 amide bonds. The van der Waals surface area contributed by atoms with Crippen LogP contribution in [0.25, 0.3) is 11.1 Å². The molecule has 3 aromatic rings. The number of benzene rings is 1. The van der Waals surface area contributed by atoms with Crippen molar-refractivity contribution in [2.24, 2.45) is 10.3 Å². The number of thiophene rings is 1. The molecule has 0 aliphatic carbocycles. The Balaban J connectivity index is 2.03. The number of ether oxygens (including phenoxy) is 1. The van der Waals surface area contributed by atoms with Gasteiger partial charge in [0.1, 0.15) is 5.82 Å². The smallest absolute Gasteiger partial charge is 0.396 e. The molecule has 0 aliphatic heterocycles. The number of hydrogen-bond donors (Lipinski definition) is 0. The Morgan fingerprint density at radius 1 is 1.26 bits per heavy atom. The fraction of sp³-hybridized carbons (Fsp3) is 0.364. The second-order valence-corrected chi connectivity index (χ2v) is 9.52. The first kappa shape index (κ1) is 22.9. The first-order valence-corrected chi connectivity index (χ1v) is 11.7. The molecule has 0 unspecified atom stereocenters. The van der Waals surface area contributed by atoms with Gasteiger partial charge in [0.2, 0.25) is 0 Å². The number of carbonyl (C=O) groups is 1. The molecule has 0 bridgehead atoms. The maximum absolute atomic E-state index is 11.9. The van der Waals surface area contributed by atoms with Crippen LogP contribution in [0.1, 0.15) is 41.2 Å². The summed E-state index contributed by atoms with van der Waals surface area (Å²) in [6, 6.07) is 6.17. The van der Waals surface area contributed by atoms with E-state index in [2.05, 4.69) is 33.8 Å². The minimum absolute atomic E-state index is 0.369. The van der Waals surface area contributed by atoms with Gasteiger partial charge in [-0.25, -0.2) is 9.78 Å². The molecular weight excluding hydrogens is 434 g/mol. The molecule has 3 rings (SSSR count). The van der Waals surface area contributed by atoms with Crippen LogP contribution in [-0.2, 0) is 23.5 Å². The lowest BCUT2D eigenvalue weighted by Gasteiger charge is -2.12. The van der Waals surface area contributed by atoms with Crippen LogP contribution in [0.5, 0.6) is 5.06 Å². The number of aryl methyl sites for hydroxylation is 2. The first-order valence-electron chi connectivity index (χ1n) is 9.88. The highest BCUT2D eigenvalue weighted by Crippen LogP contribution is 2.44. The molecule has 7 nitrogen and oxygen atoms in total. The SMILES string of the molecule is Cc1cc(Cn2ccnc2C)ccc1-c1c(OC(=O)N=S(=O)=O)sc(CC(C)C)c1C. The zero-order valence-corrected chi connectivity index (χ0v) is 19.8. The Morgan fingerprint density at radius 2 is 2.00 bits per heavy atom. The summed E-state index contributed by atoms with van der Waals surface area (Å²) in [4.78, 5) is 17.3. The van der Waals surface area contributed by atoms with E-state index in [1.54, 1.807) is 6.20 Å². The van der Waals surface area contributed by atoms with E-state index in [9.17, 15) is 13.2 Å². The van der Waals surface area contributed by atoms with Gasteiger partial charge in [0.15, 0.2) is 5.06 Å². The predicted octanol–water partition coefficient (Wildman–Crippen LogP) is 5.35. The summed E-state index contributed by atoms with van der Waals surface area (Å²) in [5, 5.41) is 0.369. The minimum atomic E-state index is -2.86. The van der Waals surface area contributed by atoms with E-state index >= 15 is 0 Å². The van der Waals surface area contributed by atoms with Crippen LogP contribution in [0.4, 0.5) is 4.79 Å². The molecule has 1 aromatic carbocycles. The number of hydrogen-bond acceptors (Lipinski definition) is 6. The van der Waals surface area contributed by atoms with Crippen molar-refractivity contribution in [1.82, 2.24) is 9.55 Å². The van der Waals surface area contributed by atoms with Gasteiger partial charge >= 0.3 is 16.6 Å². The van der Waals surface area contributed by atoms with E-state index < -0.39 is 16.6 Å². The van der Waals surface area contributed by atoms with E-state index in [-0.39, 0.29) is 0 Å². The molecule has 0 N–H and O–H groups in total. The molecule has 0 atom stereocenters. The Morgan fingerprint density at radius 3 is 2.58 bits per heavy atom. The lowest BCUT2D eigenvalue weighted by atomic mass is 9.95. The largest absolute Gasteiger partial charge is 0.455 e. The van der Waals surface area contributed by atoms with E-state index in [1.807, 2.05) is 39.1 Å². The fourth-order valence-corrected chi connectivity index (χ4v) is 5.04. The number of imidazole rings is 1. The van der Waals surface area contributed by atoms with Crippen molar-refractivity contribution in [3.8, 4) is 16.2 Å². The highest BCUT2D eigenvalue weighted by Gasteiger charge is 2.22. The summed E-state index contributed by atoms with van der Waals surface area (Å²) >= 11 is 1.37. The molecule has 0 saturated heterocycles. The fourth-order valence-electron chi connectivity index (χ4n) is 3.51. The van der Waals surface area contributed by atoms with Crippen LogP contribution in [-0.4, -0.2) is 24.1 Å². The second kappa shape index (κ2) is 9.57. The monoisotopic (exact) mass is 459 g/mol. The van der Waals surface area contributed by atoms with Gasteiger partial charge in [0, 0.05) is 29.4 Å². The van der Waals surface area contributed by atoms with Gasteiger partial charge in [-0.05, 0) is 55.4 Å². The van der Waals surface area contributed by atoms with Crippen molar-refractivity contribution in [3.05, 3.63) is 58.0 Å².